The summed E-state index contributed by atoms with van der Waals surface area (Å²) in [6.45, 7) is 3.32. The Morgan fingerprint density at radius 2 is 1.72 bits per heavy atom. The molecular weight excluding hydrogens is 246 g/mol. The molecule has 1 aromatic rings. The van der Waals surface area contributed by atoms with Crippen molar-refractivity contribution in [1.82, 2.24) is 0 Å². The molecule has 0 unspecified atom stereocenters. The Hall–Kier alpha value is -0.723. The number of benzene rings is 1. The summed E-state index contributed by atoms with van der Waals surface area (Å²) in [4.78, 5) is 0. The fraction of sp³-hybridized carbons (Fsp3) is 0.538. The van der Waals surface area contributed by atoms with Crippen molar-refractivity contribution in [3.8, 4) is 0 Å². The van der Waals surface area contributed by atoms with Gasteiger partial charge in [-0.1, -0.05) is 37.6 Å². The summed E-state index contributed by atoms with van der Waals surface area (Å²) in [7, 11) is 0.542. The average molecular weight is 269 g/mol. The van der Waals surface area contributed by atoms with Crippen molar-refractivity contribution in [1.29, 1.82) is 0 Å². The van der Waals surface area contributed by atoms with Crippen molar-refractivity contribution in [2.45, 2.75) is 26.3 Å². The van der Waals surface area contributed by atoms with E-state index in [4.69, 9.17) is 19.0 Å². The smallest absolute Gasteiger partial charge is 0.373 e. The van der Waals surface area contributed by atoms with Gasteiger partial charge < -0.3 is 19.0 Å². The highest BCUT2D eigenvalue weighted by Gasteiger charge is 2.41. The van der Waals surface area contributed by atoms with Gasteiger partial charge in [0.15, 0.2) is 0 Å². The Labute approximate surface area is 110 Å². The number of rotatable bonds is 8. The molecule has 0 aromatic heterocycles. The number of unbranched alkanes of at least 4 members (excludes halogenated alkanes) is 1. The molecule has 0 amide bonds. The van der Waals surface area contributed by atoms with Crippen LogP contribution in [0.25, 0.3) is 0 Å². The molecule has 0 saturated heterocycles. The maximum atomic E-state index is 5.89. The number of hydrogen-bond donors (Lipinski definition) is 1. The quantitative estimate of drug-likeness (QED) is 0.572. The molecule has 4 nitrogen and oxygen atoms in total. The third-order valence-electron chi connectivity index (χ3n) is 2.87. The molecule has 0 saturated carbocycles. The molecule has 1 aromatic carbocycles. The second-order valence-electron chi connectivity index (χ2n) is 4.07. The van der Waals surface area contributed by atoms with Crippen LogP contribution < -0.4 is 10.9 Å². The molecular formula is C13H23NO3Si. The van der Waals surface area contributed by atoms with Gasteiger partial charge in [0, 0.05) is 32.6 Å². The van der Waals surface area contributed by atoms with Crippen LogP contribution in [-0.4, -0.2) is 29.6 Å². The van der Waals surface area contributed by atoms with Crippen molar-refractivity contribution in [2.24, 2.45) is 5.73 Å². The van der Waals surface area contributed by atoms with E-state index in [0.29, 0.717) is 13.2 Å². The van der Waals surface area contributed by atoms with Gasteiger partial charge in [-0.3, -0.25) is 0 Å². The Bertz CT molecular complexity index is 339. The van der Waals surface area contributed by atoms with Gasteiger partial charge in [0.25, 0.3) is 0 Å². The molecule has 0 aliphatic heterocycles. The molecule has 18 heavy (non-hydrogen) atoms. The second kappa shape index (κ2) is 7.65. The minimum Gasteiger partial charge on any atom is -0.373 e. The highest BCUT2D eigenvalue weighted by Crippen LogP contribution is 2.10. The van der Waals surface area contributed by atoms with Gasteiger partial charge in [0.2, 0.25) is 0 Å². The standard InChI is InChI=1S/C13H23NO3Si/c1-4-5-10-17-18(15-2,16-3)13-8-6-12(11-14)7-9-13/h6-9H,4-5,10-11,14H2,1-3H3. The van der Waals surface area contributed by atoms with Crippen LogP contribution in [0.1, 0.15) is 25.3 Å². The van der Waals surface area contributed by atoms with Gasteiger partial charge in [0.1, 0.15) is 0 Å². The fourth-order valence-corrected chi connectivity index (χ4v) is 3.74. The van der Waals surface area contributed by atoms with Crippen molar-refractivity contribution in [2.75, 3.05) is 20.8 Å². The van der Waals surface area contributed by atoms with Crippen LogP contribution in [0.2, 0.25) is 0 Å². The van der Waals surface area contributed by atoms with Crippen molar-refractivity contribution >= 4 is 14.0 Å². The first-order chi connectivity index (χ1) is 8.72. The maximum absolute atomic E-state index is 5.89. The van der Waals surface area contributed by atoms with Gasteiger partial charge in [-0.2, -0.15) is 0 Å². The predicted octanol–water partition coefficient (Wildman–Crippen LogP) is 1.40. The van der Waals surface area contributed by atoms with E-state index < -0.39 is 8.80 Å². The Morgan fingerprint density at radius 3 is 2.17 bits per heavy atom. The minimum absolute atomic E-state index is 0.533. The lowest BCUT2D eigenvalue weighted by molar-refractivity contribution is 0.112. The molecule has 0 aliphatic carbocycles. The molecule has 0 fully saturated rings. The molecule has 5 heteroatoms. The highest BCUT2D eigenvalue weighted by atomic mass is 28.4. The molecule has 0 atom stereocenters. The summed E-state index contributed by atoms with van der Waals surface area (Å²) in [6.07, 6.45) is 2.09. The van der Waals surface area contributed by atoms with Gasteiger partial charge in [-0.05, 0) is 12.0 Å². The second-order valence-corrected chi connectivity index (χ2v) is 6.86. The summed E-state index contributed by atoms with van der Waals surface area (Å²) in [5, 5.41) is 0.973. The van der Waals surface area contributed by atoms with Crippen LogP contribution in [0.3, 0.4) is 0 Å². The first-order valence-corrected chi connectivity index (χ1v) is 7.98. The average Bonchev–Trinajstić information content (AvgIpc) is 2.44. The lowest BCUT2D eigenvalue weighted by atomic mass is 10.2. The monoisotopic (exact) mass is 269 g/mol. The zero-order valence-corrected chi connectivity index (χ0v) is 12.4. The first kappa shape index (κ1) is 15.3. The molecule has 2 N–H and O–H groups in total. The molecule has 0 bridgehead atoms. The molecule has 0 aliphatic rings. The van der Waals surface area contributed by atoms with Crippen LogP contribution in [0.5, 0.6) is 0 Å². The van der Waals surface area contributed by atoms with Gasteiger partial charge >= 0.3 is 8.80 Å². The molecule has 102 valence electrons. The SMILES string of the molecule is CCCCO[Si](OC)(OC)c1ccc(CN)cc1. The van der Waals surface area contributed by atoms with E-state index in [9.17, 15) is 0 Å². The van der Waals surface area contributed by atoms with E-state index >= 15 is 0 Å². The van der Waals surface area contributed by atoms with Crippen molar-refractivity contribution in [3.05, 3.63) is 29.8 Å². The molecule has 0 spiro atoms. The summed E-state index contributed by atoms with van der Waals surface area (Å²) >= 11 is 0. The topological polar surface area (TPSA) is 53.7 Å². The van der Waals surface area contributed by atoms with Gasteiger partial charge in [-0.15, -0.1) is 0 Å². The largest absolute Gasteiger partial charge is 0.536 e. The van der Waals surface area contributed by atoms with Crippen LogP contribution in [0, 0.1) is 0 Å². The lowest BCUT2D eigenvalue weighted by Crippen LogP contribution is -2.55. The van der Waals surface area contributed by atoms with E-state index in [0.717, 1.165) is 23.6 Å². The zero-order chi connectivity index (χ0) is 13.4. The minimum atomic E-state index is -2.73. The Balaban J connectivity index is 2.86. The lowest BCUT2D eigenvalue weighted by Gasteiger charge is -2.26. The van der Waals surface area contributed by atoms with E-state index in [1.165, 1.54) is 0 Å². The summed E-state index contributed by atoms with van der Waals surface area (Å²) < 4.78 is 17.0. The number of nitrogens with two attached hydrogens (primary N) is 1. The van der Waals surface area contributed by atoms with Crippen LogP contribution in [-0.2, 0) is 19.8 Å². The normalized spacial score (nSPS) is 11.8. The van der Waals surface area contributed by atoms with E-state index in [1.54, 1.807) is 14.2 Å². The van der Waals surface area contributed by atoms with Crippen molar-refractivity contribution < 1.29 is 13.3 Å². The Morgan fingerprint density at radius 1 is 1.11 bits per heavy atom. The van der Waals surface area contributed by atoms with Crippen LogP contribution in [0.4, 0.5) is 0 Å². The molecule has 1 rings (SSSR count). The van der Waals surface area contributed by atoms with Gasteiger partial charge in [0.05, 0.1) is 0 Å². The summed E-state index contributed by atoms with van der Waals surface area (Å²) in [5.74, 6) is 0. The fourth-order valence-electron chi connectivity index (χ4n) is 1.72. The number of hydrogen-bond acceptors (Lipinski definition) is 4. The molecule has 0 radical (unpaired) electrons. The maximum Gasteiger partial charge on any atom is 0.536 e. The van der Waals surface area contributed by atoms with E-state index in [-0.39, 0.29) is 0 Å². The zero-order valence-electron chi connectivity index (χ0n) is 11.4. The summed E-state index contributed by atoms with van der Waals surface area (Å²) in [6, 6.07) is 7.93. The van der Waals surface area contributed by atoms with E-state index in [1.807, 2.05) is 24.3 Å². The summed E-state index contributed by atoms with van der Waals surface area (Å²) in [5.41, 5.74) is 6.68. The highest BCUT2D eigenvalue weighted by molar-refractivity contribution is 6.75. The third-order valence-corrected chi connectivity index (χ3v) is 5.57. The van der Waals surface area contributed by atoms with Gasteiger partial charge in [-0.25, -0.2) is 0 Å². The molecule has 0 heterocycles. The predicted molar refractivity (Wildman–Crippen MR) is 74.6 cm³/mol. The first-order valence-electron chi connectivity index (χ1n) is 6.26. The Kier molecular flexibility index (Phi) is 6.52. The van der Waals surface area contributed by atoms with Crippen LogP contribution in [0.15, 0.2) is 24.3 Å². The van der Waals surface area contributed by atoms with Crippen molar-refractivity contribution in [3.63, 3.8) is 0 Å². The van der Waals surface area contributed by atoms with E-state index in [2.05, 4.69) is 6.92 Å². The third kappa shape index (κ3) is 3.63. The van der Waals surface area contributed by atoms with Crippen LogP contribution >= 0.6 is 0 Å².